The van der Waals surface area contributed by atoms with Crippen molar-refractivity contribution in [2.75, 3.05) is 0 Å². The van der Waals surface area contributed by atoms with Crippen LogP contribution < -0.4 is 5.56 Å². The van der Waals surface area contributed by atoms with Crippen molar-refractivity contribution in [3.05, 3.63) is 110 Å². The molecule has 1 atom stereocenters. The van der Waals surface area contributed by atoms with Crippen LogP contribution in [0.5, 0.6) is 0 Å². The Bertz CT molecular complexity index is 1640. The SMILES string of the molecule is CCC(C)(C)n1nnnc1C(c1cc2cc(C)c(C)cc2[nH]c1=O)N(Cc1ccc(Cl)cc1)Cc1ccco1. The molecule has 0 bridgehead atoms. The van der Waals surface area contributed by atoms with Crippen molar-refractivity contribution in [3.8, 4) is 0 Å². The molecule has 9 heteroatoms. The van der Waals surface area contributed by atoms with Crippen molar-refractivity contribution in [3.63, 3.8) is 0 Å². The van der Waals surface area contributed by atoms with Gasteiger partial charge in [-0.05, 0) is 109 Å². The predicted octanol–water partition coefficient (Wildman–Crippen LogP) is 6.31. The average Bonchev–Trinajstić information content (AvgIpc) is 3.60. The maximum atomic E-state index is 13.8. The Hall–Kier alpha value is -3.75. The molecule has 1 N–H and O–H groups in total. The van der Waals surface area contributed by atoms with Crippen molar-refractivity contribution in [2.45, 2.75) is 65.7 Å². The van der Waals surface area contributed by atoms with Gasteiger partial charge in [0.15, 0.2) is 5.82 Å². The highest BCUT2D eigenvalue weighted by atomic mass is 35.5. The van der Waals surface area contributed by atoms with Gasteiger partial charge in [-0.15, -0.1) is 5.10 Å². The Kier molecular flexibility index (Phi) is 7.42. The zero-order chi connectivity index (χ0) is 27.7. The first-order valence-electron chi connectivity index (χ1n) is 13.1. The van der Waals surface area contributed by atoms with Gasteiger partial charge in [-0.2, -0.15) is 0 Å². The third-order valence-corrected chi connectivity index (χ3v) is 7.81. The Morgan fingerprint density at radius 3 is 2.51 bits per heavy atom. The summed E-state index contributed by atoms with van der Waals surface area (Å²) in [6.45, 7) is 11.3. The van der Waals surface area contributed by atoms with E-state index < -0.39 is 6.04 Å². The topological polar surface area (TPSA) is 92.8 Å². The minimum atomic E-state index is -0.568. The van der Waals surface area contributed by atoms with Crippen molar-refractivity contribution in [1.29, 1.82) is 0 Å². The van der Waals surface area contributed by atoms with Crippen molar-refractivity contribution < 1.29 is 4.42 Å². The van der Waals surface area contributed by atoms with Crippen LogP contribution in [0.2, 0.25) is 5.02 Å². The highest BCUT2D eigenvalue weighted by Gasteiger charge is 2.35. The van der Waals surface area contributed by atoms with E-state index in [1.165, 1.54) is 0 Å². The first-order chi connectivity index (χ1) is 18.7. The van der Waals surface area contributed by atoms with Crippen LogP contribution in [-0.2, 0) is 18.6 Å². The van der Waals surface area contributed by atoms with Crippen LogP contribution in [0.15, 0.2) is 70.1 Å². The molecule has 2 aromatic carbocycles. The van der Waals surface area contributed by atoms with E-state index in [4.69, 9.17) is 16.0 Å². The van der Waals surface area contributed by atoms with Crippen molar-refractivity contribution >= 4 is 22.5 Å². The Morgan fingerprint density at radius 2 is 1.82 bits per heavy atom. The Balaban J connectivity index is 1.74. The lowest BCUT2D eigenvalue weighted by Crippen LogP contribution is -2.38. The van der Waals surface area contributed by atoms with E-state index in [2.05, 4.69) is 59.2 Å². The number of aromatic nitrogens is 5. The standard InChI is InChI=1S/C30H33ClN6O2/c1-6-30(4,5)37-28(33-34-35-37)27(25-16-22-14-19(2)20(3)15-26(22)32-29(25)38)36(18-24-8-7-13-39-24)17-21-9-11-23(31)12-10-21/h7-16,27H,6,17-18H2,1-5H3,(H,32,38). The van der Waals surface area contributed by atoms with Gasteiger partial charge < -0.3 is 9.40 Å². The van der Waals surface area contributed by atoms with Gasteiger partial charge >= 0.3 is 0 Å². The lowest BCUT2D eigenvalue weighted by molar-refractivity contribution is 0.168. The lowest BCUT2D eigenvalue weighted by Gasteiger charge is -2.33. The van der Waals surface area contributed by atoms with Gasteiger partial charge in [-0.1, -0.05) is 30.7 Å². The third kappa shape index (κ3) is 5.53. The van der Waals surface area contributed by atoms with Crippen LogP contribution >= 0.6 is 11.6 Å². The largest absolute Gasteiger partial charge is 0.468 e. The number of nitrogens with zero attached hydrogens (tertiary/aromatic N) is 5. The van der Waals surface area contributed by atoms with Gasteiger partial charge in [0, 0.05) is 22.6 Å². The zero-order valence-corrected chi connectivity index (χ0v) is 23.7. The van der Waals surface area contributed by atoms with Crippen LogP contribution in [0.1, 0.15) is 67.1 Å². The highest BCUT2D eigenvalue weighted by molar-refractivity contribution is 6.30. The van der Waals surface area contributed by atoms with E-state index in [0.717, 1.165) is 39.8 Å². The number of nitrogens with one attached hydrogen (secondary N) is 1. The molecule has 8 nitrogen and oxygen atoms in total. The van der Waals surface area contributed by atoms with E-state index in [1.54, 1.807) is 6.26 Å². The summed E-state index contributed by atoms with van der Waals surface area (Å²) in [7, 11) is 0. The zero-order valence-electron chi connectivity index (χ0n) is 22.9. The number of H-pyrrole nitrogens is 1. The number of tetrazole rings is 1. The van der Waals surface area contributed by atoms with Crippen LogP contribution in [0, 0.1) is 13.8 Å². The molecular weight excluding hydrogens is 512 g/mol. The first-order valence-corrected chi connectivity index (χ1v) is 13.5. The van der Waals surface area contributed by atoms with Crippen LogP contribution in [0.4, 0.5) is 0 Å². The summed E-state index contributed by atoms with van der Waals surface area (Å²) in [5, 5.41) is 14.6. The summed E-state index contributed by atoms with van der Waals surface area (Å²) >= 11 is 6.19. The lowest BCUT2D eigenvalue weighted by atomic mass is 9.98. The number of halogens is 1. The molecule has 39 heavy (non-hydrogen) atoms. The summed E-state index contributed by atoms with van der Waals surface area (Å²) in [6.07, 6.45) is 2.46. The number of pyridine rings is 1. The molecule has 0 amide bonds. The van der Waals surface area contributed by atoms with Crippen molar-refractivity contribution in [2.24, 2.45) is 0 Å². The molecule has 1 unspecified atom stereocenters. The predicted molar refractivity (Wildman–Crippen MR) is 153 cm³/mol. The minimum Gasteiger partial charge on any atom is -0.468 e. The Morgan fingerprint density at radius 1 is 1.08 bits per heavy atom. The number of aromatic amines is 1. The number of aryl methyl sites for hydroxylation is 2. The molecule has 3 heterocycles. The fourth-order valence-corrected chi connectivity index (χ4v) is 4.93. The fourth-order valence-electron chi connectivity index (χ4n) is 4.81. The number of rotatable bonds is 9. The molecule has 0 spiro atoms. The second-order valence-corrected chi connectivity index (χ2v) is 11.1. The maximum Gasteiger partial charge on any atom is 0.253 e. The summed E-state index contributed by atoms with van der Waals surface area (Å²) in [5.74, 6) is 1.36. The van der Waals surface area contributed by atoms with Gasteiger partial charge in [0.1, 0.15) is 11.8 Å². The molecule has 0 radical (unpaired) electrons. The number of furan rings is 1. The third-order valence-electron chi connectivity index (χ3n) is 7.56. The van der Waals surface area contributed by atoms with E-state index in [1.807, 2.05) is 60.1 Å². The van der Waals surface area contributed by atoms with Crippen molar-refractivity contribution in [1.82, 2.24) is 30.1 Å². The van der Waals surface area contributed by atoms with Gasteiger partial charge in [-0.25, -0.2) is 4.68 Å². The fraction of sp³-hybridized carbons (Fsp3) is 0.333. The molecule has 5 aromatic rings. The first kappa shape index (κ1) is 26.8. The van der Waals surface area contributed by atoms with Crippen LogP contribution in [0.25, 0.3) is 10.9 Å². The Labute approximate surface area is 232 Å². The number of hydrogen-bond donors (Lipinski definition) is 1. The van der Waals surface area contributed by atoms with E-state index in [-0.39, 0.29) is 11.1 Å². The summed E-state index contributed by atoms with van der Waals surface area (Å²) < 4.78 is 7.61. The van der Waals surface area contributed by atoms with Gasteiger partial charge in [-0.3, -0.25) is 9.69 Å². The maximum absolute atomic E-state index is 13.8. The average molecular weight is 545 g/mol. The smallest absolute Gasteiger partial charge is 0.253 e. The van der Waals surface area contributed by atoms with Gasteiger partial charge in [0.2, 0.25) is 0 Å². The molecule has 0 aliphatic heterocycles. The monoisotopic (exact) mass is 544 g/mol. The van der Waals surface area contributed by atoms with Gasteiger partial charge in [0.25, 0.3) is 5.56 Å². The summed E-state index contributed by atoms with van der Waals surface area (Å²) in [5.41, 5.74) is 4.13. The van der Waals surface area contributed by atoms with E-state index in [0.29, 0.717) is 29.5 Å². The molecule has 0 aliphatic rings. The van der Waals surface area contributed by atoms with Gasteiger partial charge in [0.05, 0.1) is 18.3 Å². The second-order valence-electron chi connectivity index (χ2n) is 10.7. The molecule has 202 valence electrons. The molecular formula is C30H33ClN6O2. The van der Waals surface area contributed by atoms with Crippen LogP contribution in [0.3, 0.4) is 0 Å². The normalized spacial score (nSPS) is 12.9. The minimum absolute atomic E-state index is 0.180. The summed E-state index contributed by atoms with van der Waals surface area (Å²) in [6, 6.07) is 17.0. The number of benzene rings is 2. The highest BCUT2D eigenvalue weighted by Crippen LogP contribution is 2.33. The second kappa shape index (κ2) is 10.8. The summed E-state index contributed by atoms with van der Waals surface area (Å²) in [4.78, 5) is 19.1. The molecule has 0 fully saturated rings. The molecule has 0 saturated carbocycles. The van der Waals surface area contributed by atoms with E-state index >= 15 is 0 Å². The number of fused-ring (bicyclic) bond motifs is 1. The molecule has 3 aromatic heterocycles. The molecule has 0 saturated heterocycles. The molecule has 0 aliphatic carbocycles. The van der Waals surface area contributed by atoms with E-state index in [9.17, 15) is 4.79 Å². The quantitative estimate of drug-likeness (QED) is 0.233. The molecule has 5 rings (SSSR count). The number of hydrogen-bond acceptors (Lipinski definition) is 6. The van der Waals surface area contributed by atoms with Crippen LogP contribution in [-0.4, -0.2) is 30.1 Å².